The van der Waals surface area contributed by atoms with Crippen LogP contribution in [0.1, 0.15) is 12.5 Å². The molecule has 0 spiro atoms. The highest BCUT2D eigenvalue weighted by Gasteiger charge is 2.14. The van der Waals surface area contributed by atoms with E-state index in [1.807, 2.05) is 0 Å². The van der Waals surface area contributed by atoms with Crippen LogP contribution in [0, 0.1) is 5.82 Å². The van der Waals surface area contributed by atoms with Gasteiger partial charge in [0.05, 0.1) is 13.5 Å². The Morgan fingerprint density at radius 1 is 1.50 bits per heavy atom. The van der Waals surface area contributed by atoms with Crippen LogP contribution in [0.2, 0.25) is 0 Å². The third-order valence-corrected chi connectivity index (χ3v) is 2.33. The summed E-state index contributed by atoms with van der Waals surface area (Å²) >= 11 is 0. The Balaban J connectivity index is 2.67. The van der Waals surface area contributed by atoms with Crippen molar-refractivity contribution in [2.75, 3.05) is 7.11 Å². The highest BCUT2D eigenvalue weighted by atomic mass is 19.1. The second kappa shape index (κ2) is 6.00. The Labute approximate surface area is 104 Å². The highest BCUT2D eigenvalue weighted by molar-refractivity contribution is 5.84. The summed E-state index contributed by atoms with van der Waals surface area (Å²) in [6.07, 6.45) is -0.0335. The fourth-order valence-corrected chi connectivity index (χ4v) is 1.35. The minimum Gasteiger partial charge on any atom is -0.494 e. The summed E-state index contributed by atoms with van der Waals surface area (Å²) in [6.45, 7) is 1.37. The third-order valence-electron chi connectivity index (χ3n) is 2.33. The first kappa shape index (κ1) is 14.0. The van der Waals surface area contributed by atoms with Crippen molar-refractivity contribution in [1.82, 2.24) is 5.32 Å². The van der Waals surface area contributed by atoms with Crippen LogP contribution in [-0.4, -0.2) is 30.1 Å². The molecule has 0 radical (unpaired) electrons. The van der Waals surface area contributed by atoms with Gasteiger partial charge in [-0.1, -0.05) is 6.07 Å². The molecule has 1 aromatic carbocycles. The van der Waals surface area contributed by atoms with E-state index in [2.05, 4.69) is 5.32 Å². The average molecular weight is 255 g/mol. The number of aliphatic carboxylic acids is 1. The number of carboxylic acids is 1. The largest absolute Gasteiger partial charge is 0.494 e. The van der Waals surface area contributed by atoms with Crippen molar-refractivity contribution >= 4 is 11.9 Å². The number of methoxy groups -OCH3 is 1. The number of ether oxygens (including phenoxy) is 1. The molecule has 0 fully saturated rings. The van der Waals surface area contributed by atoms with E-state index in [1.54, 1.807) is 0 Å². The maximum atomic E-state index is 13.1. The predicted molar refractivity (Wildman–Crippen MR) is 61.9 cm³/mol. The number of carbonyl (C=O) groups is 2. The molecular formula is C12H14FNO4. The number of nitrogens with one attached hydrogen (secondary N) is 1. The van der Waals surface area contributed by atoms with Gasteiger partial charge in [0.2, 0.25) is 5.91 Å². The van der Waals surface area contributed by atoms with Crippen LogP contribution in [0.15, 0.2) is 18.2 Å². The molecule has 2 N–H and O–H groups in total. The molecule has 0 aliphatic rings. The normalized spacial score (nSPS) is 11.7. The van der Waals surface area contributed by atoms with Crippen LogP contribution in [0.5, 0.6) is 5.75 Å². The number of carbonyl (C=O) groups excluding carboxylic acids is 1. The fraction of sp³-hybridized carbons (Fsp3) is 0.333. The minimum absolute atomic E-state index is 0.0335. The monoisotopic (exact) mass is 255 g/mol. The van der Waals surface area contributed by atoms with E-state index in [0.29, 0.717) is 5.56 Å². The van der Waals surface area contributed by atoms with Gasteiger partial charge < -0.3 is 15.2 Å². The molecule has 0 saturated heterocycles. The number of hydrogen-bond donors (Lipinski definition) is 2. The summed E-state index contributed by atoms with van der Waals surface area (Å²) in [6, 6.07) is 3.09. The van der Waals surface area contributed by atoms with Crippen LogP contribution >= 0.6 is 0 Å². The van der Waals surface area contributed by atoms with Gasteiger partial charge in [-0.05, 0) is 24.6 Å². The molecule has 0 saturated carbocycles. The number of amides is 1. The SMILES string of the molecule is COc1cc(CC(=O)N[C@@H](C)C(=O)O)ccc1F. The Hall–Kier alpha value is -2.11. The van der Waals surface area contributed by atoms with Crippen molar-refractivity contribution in [3.05, 3.63) is 29.6 Å². The fourth-order valence-electron chi connectivity index (χ4n) is 1.35. The van der Waals surface area contributed by atoms with Gasteiger partial charge in [-0.2, -0.15) is 0 Å². The zero-order valence-electron chi connectivity index (χ0n) is 10.1. The topological polar surface area (TPSA) is 75.6 Å². The van der Waals surface area contributed by atoms with Crippen LogP contribution in [0.4, 0.5) is 4.39 Å². The first-order valence-corrected chi connectivity index (χ1v) is 5.28. The molecule has 0 aliphatic carbocycles. The standard InChI is InChI=1S/C12H14FNO4/c1-7(12(16)17)14-11(15)6-8-3-4-9(13)10(5-8)18-2/h3-5,7H,6H2,1-2H3,(H,14,15)(H,16,17)/t7-/m0/s1. The molecule has 0 aromatic heterocycles. The van der Waals surface area contributed by atoms with Gasteiger partial charge in [0, 0.05) is 0 Å². The van der Waals surface area contributed by atoms with Gasteiger partial charge in [-0.15, -0.1) is 0 Å². The maximum Gasteiger partial charge on any atom is 0.325 e. The molecule has 0 heterocycles. The van der Waals surface area contributed by atoms with Crippen LogP contribution in [0.25, 0.3) is 0 Å². The van der Waals surface area contributed by atoms with Crippen molar-refractivity contribution in [1.29, 1.82) is 0 Å². The van der Waals surface area contributed by atoms with E-state index in [-0.39, 0.29) is 12.2 Å². The summed E-state index contributed by atoms with van der Waals surface area (Å²) in [7, 11) is 1.33. The molecule has 1 amide bonds. The average Bonchev–Trinajstić information content (AvgIpc) is 2.31. The molecule has 0 unspecified atom stereocenters. The lowest BCUT2D eigenvalue weighted by molar-refractivity contribution is -0.141. The molecule has 1 aromatic rings. The van der Waals surface area contributed by atoms with Crippen molar-refractivity contribution in [3.63, 3.8) is 0 Å². The van der Waals surface area contributed by atoms with E-state index in [9.17, 15) is 14.0 Å². The summed E-state index contributed by atoms with van der Waals surface area (Å²) in [4.78, 5) is 22.1. The van der Waals surface area contributed by atoms with Gasteiger partial charge in [-0.3, -0.25) is 9.59 Å². The van der Waals surface area contributed by atoms with Gasteiger partial charge in [0.15, 0.2) is 11.6 Å². The quantitative estimate of drug-likeness (QED) is 0.822. The summed E-state index contributed by atoms with van der Waals surface area (Å²) in [5, 5.41) is 10.9. The van der Waals surface area contributed by atoms with Gasteiger partial charge in [0.25, 0.3) is 0 Å². The zero-order chi connectivity index (χ0) is 13.7. The first-order valence-electron chi connectivity index (χ1n) is 5.28. The lowest BCUT2D eigenvalue weighted by Gasteiger charge is -2.10. The van der Waals surface area contributed by atoms with Gasteiger partial charge in [-0.25, -0.2) is 4.39 Å². The summed E-state index contributed by atoms with van der Waals surface area (Å²) in [5.74, 6) is -2.02. The minimum atomic E-state index is -1.11. The van der Waals surface area contributed by atoms with Crippen LogP contribution in [0.3, 0.4) is 0 Å². The molecule has 5 nitrogen and oxygen atoms in total. The number of carboxylic acid groups (broad SMARTS) is 1. The second-order valence-electron chi connectivity index (χ2n) is 3.77. The van der Waals surface area contributed by atoms with E-state index in [1.165, 1.54) is 32.2 Å². The van der Waals surface area contributed by atoms with Crippen LogP contribution in [-0.2, 0) is 16.0 Å². The first-order chi connectivity index (χ1) is 8.43. The van der Waals surface area contributed by atoms with Gasteiger partial charge >= 0.3 is 5.97 Å². The van der Waals surface area contributed by atoms with Crippen molar-refractivity contribution in [2.45, 2.75) is 19.4 Å². The molecule has 1 atom stereocenters. The molecule has 18 heavy (non-hydrogen) atoms. The number of rotatable bonds is 5. The Morgan fingerprint density at radius 3 is 2.72 bits per heavy atom. The molecule has 6 heteroatoms. The highest BCUT2D eigenvalue weighted by Crippen LogP contribution is 2.18. The Bertz CT molecular complexity index is 461. The van der Waals surface area contributed by atoms with Crippen LogP contribution < -0.4 is 10.1 Å². The summed E-state index contributed by atoms with van der Waals surface area (Å²) < 4.78 is 17.9. The number of hydrogen-bond acceptors (Lipinski definition) is 3. The smallest absolute Gasteiger partial charge is 0.325 e. The summed E-state index contributed by atoms with van der Waals surface area (Å²) in [5.41, 5.74) is 0.545. The van der Waals surface area contributed by atoms with Crippen molar-refractivity contribution in [2.24, 2.45) is 0 Å². The molecule has 0 aliphatic heterocycles. The lowest BCUT2D eigenvalue weighted by atomic mass is 10.1. The number of halogens is 1. The lowest BCUT2D eigenvalue weighted by Crippen LogP contribution is -2.39. The molecule has 98 valence electrons. The molecular weight excluding hydrogens is 241 g/mol. The zero-order valence-corrected chi connectivity index (χ0v) is 10.1. The number of benzene rings is 1. The third kappa shape index (κ3) is 3.73. The molecule has 0 bridgehead atoms. The van der Waals surface area contributed by atoms with E-state index < -0.39 is 23.7 Å². The predicted octanol–water partition coefficient (Wildman–Crippen LogP) is 0.966. The van der Waals surface area contributed by atoms with Gasteiger partial charge in [0.1, 0.15) is 6.04 Å². The van der Waals surface area contributed by atoms with Crippen molar-refractivity contribution < 1.29 is 23.8 Å². The Kier molecular flexibility index (Phi) is 4.65. The van der Waals surface area contributed by atoms with E-state index in [4.69, 9.17) is 9.84 Å². The maximum absolute atomic E-state index is 13.1. The van der Waals surface area contributed by atoms with E-state index >= 15 is 0 Å². The second-order valence-corrected chi connectivity index (χ2v) is 3.77. The Morgan fingerprint density at radius 2 is 2.17 bits per heavy atom. The van der Waals surface area contributed by atoms with Crippen molar-refractivity contribution in [3.8, 4) is 5.75 Å². The van der Waals surface area contributed by atoms with E-state index in [0.717, 1.165) is 0 Å². The molecule has 1 rings (SSSR count).